The molecular weight excluding hydrogens is 299 g/mol. The Hall–Kier alpha value is -1.30. The van der Waals surface area contributed by atoms with Crippen molar-refractivity contribution in [1.82, 2.24) is 0 Å². The van der Waals surface area contributed by atoms with Crippen molar-refractivity contribution < 1.29 is 18.0 Å². The van der Waals surface area contributed by atoms with E-state index in [1.807, 2.05) is 0 Å². The highest BCUT2D eigenvalue weighted by atomic mass is 79.9. The molecule has 1 amide bonds. The first kappa shape index (κ1) is 13.8. The fourth-order valence-corrected chi connectivity index (χ4v) is 1.55. The molecule has 0 bridgehead atoms. The van der Waals surface area contributed by atoms with Crippen LogP contribution in [-0.4, -0.2) is 5.91 Å². The molecule has 17 heavy (non-hydrogen) atoms. The fraction of sp³-hybridized carbons (Fsp3) is 0.182. The van der Waals surface area contributed by atoms with Gasteiger partial charge in [0.1, 0.15) is 0 Å². The number of allylic oxidation sites excluding steroid dienone is 1. The van der Waals surface area contributed by atoms with Gasteiger partial charge in [0.25, 0.3) is 0 Å². The summed E-state index contributed by atoms with van der Waals surface area (Å²) in [6.07, 6.45) is -1.91. The van der Waals surface area contributed by atoms with Gasteiger partial charge in [-0.15, -0.1) is 0 Å². The number of alkyl halides is 3. The molecule has 0 atom stereocenters. The van der Waals surface area contributed by atoms with Gasteiger partial charge in [-0.25, -0.2) is 0 Å². The average molecular weight is 308 g/mol. The molecule has 0 saturated heterocycles. The molecule has 2 nitrogen and oxygen atoms in total. The van der Waals surface area contributed by atoms with E-state index in [1.165, 1.54) is 18.2 Å². The first-order valence-electron chi connectivity index (χ1n) is 4.65. The Balaban J connectivity index is 3.11. The quantitative estimate of drug-likeness (QED) is 0.823. The van der Waals surface area contributed by atoms with Gasteiger partial charge in [-0.1, -0.05) is 22.0 Å². The Morgan fingerprint density at radius 2 is 2.06 bits per heavy atom. The lowest BCUT2D eigenvalue weighted by atomic mass is 10.1. The van der Waals surface area contributed by atoms with Crippen LogP contribution in [0.25, 0.3) is 0 Å². The van der Waals surface area contributed by atoms with Crippen LogP contribution >= 0.6 is 15.9 Å². The van der Waals surface area contributed by atoms with Crippen LogP contribution in [0, 0.1) is 0 Å². The monoisotopic (exact) mass is 307 g/mol. The molecule has 0 saturated carbocycles. The lowest BCUT2D eigenvalue weighted by Crippen LogP contribution is -2.14. The Bertz CT molecular complexity index is 455. The summed E-state index contributed by atoms with van der Waals surface area (Å²) in [5.74, 6) is -0.597. The van der Waals surface area contributed by atoms with E-state index in [4.69, 9.17) is 0 Å². The summed E-state index contributed by atoms with van der Waals surface area (Å²) in [7, 11) is 0. The van der Waals surface area contributed by atoms with Gasteiger partial charge in [-0.2, -0.15) is 13.2 Å². The van der Waals surface area contributed by atoms with E-state index < -0.39 is 17.6 Å². The second-order valence-corrected chi connectivity index (χ2v) is 4.09. The highest BCUT2D eigenvalue weighted by Gasteiger charge is 2.34. The van der Waals surface area contributed by atoms with E-state index in [0.717, 1.165) is 12.1 Å². The van der Waals surface area contributed by atoms with Crippen LogP contribution in [0.2, 0.25) is 0 Å². The maximum atomic E-state index is 12.7. The van der Waals surface area contributed by atoms with E-state index in [-0.39, 0.29) is 5.69 Å². The van der Waals surface area contributed by atoms with Gasteiger partial charge >= 0.3 is 6.18 Å². The molecule has 0 unspecified atom stereocenters. The van der Waals surface area contributed by atoms with Gasteiger partial charge in [0.15, 0.2) is 0 Å². The Labute approximate surface area is 105 Å². The number of rotatable bonds is 2. The molecule has 6 heteroatoms. The van der Waals surface area contributed by atoms with Crippen LogP contribution in [0.1, 0.15) is 12.5 Å². The minimum Gasteiger partial charge on any atom is -0.322 e. The Morgan fingerprint density at radius 1 is 1.41 bits per heavy atom. The van der Waals surface area contributed by atoms with Gasteiger partial charge in [0.05, 0.1) is 11.3 Å². The summed E-state index contributed by atoms with van der Waals surface area (Å²) in [6, 6.07) is 3.56. The molecule has 1 N–H and O–H groups in total. The summed E-state index contributed by atoms with van der Waals surface area (Å²) in [4.78, 5) is 11.2. The van der Waals surface area contributed by atoms with E-state index >= 15 is 0 Å². The summed E-state index contributed by atoms with van der Waals surface area (Å²) < 4.78 is 38.3. The summed E-state index contributed by atoms with van der Waals surface area (Å²) in [5, 5.41) is 2.18. The number of halogens is 4. The van der Waals surface area contributed by atoms with Crippen LogP contribution in [0.3, 0.4) is 0 Å². The smallest absolute Gasteiger partial charge is 0.322 e. The van der Waals surface area contributed by atoms with Crippen LogP contribution in [0.4, 0.5) is 18.9 Å². The van der Waals surface area contributed by atoms with E-state index in [1.54, 1.807) is 6.92 Å². The lowest BCUT2D eigenvalue weighted by Gasteiger charge is -2.13. The van der Waals surface area contributed by atoms with Gasteiger partial charge < -0.3 is 5.32 Å². The number of carbonyl (C=O) groups excluding carboxylic acids is 1. The van der Waals surface area contributed by atoms with E-state index in [2.05, 4.69) is 21.2 Å². The SMILES string of the molecule is CC=CC(=O)Nc1ccc(Br)cc1C(F)(F)F. The third-order valence-electron chi connectivity index (χ3n) is 1.86. The number of carbonyl (C=O) groups is 1. The van der Waals surface area contributed by atoms with Crippen molar-refractivity contribution in [2.75, 3.05) is 5.32 Å². The molecular formula is C11H9BrF3NO. The van der Waals surface area contributed by atoms with Crippen LogP contribution in [0.15, 0.2) is 34.8 Å². The molecule has 0 aromatic heterocycles. The van der Waals surface area contributed by atoms with Crippen molar-refractivity contribution >= 4 is 27.5 Å². The maximum Gasteiger partial charge on any atom is 0.418 e. The largest absolute Gasteiger partial charge is 0.418 e. The minimum atomic E-state index is -4.51. The molecule has 0 radical (unpaired) electrons. The highest BCUT2D eigenvalue weighted by Crippen LogP contribution is 2.36. The number of amides is 1. The zero-order chi connectivity index (χ0) is 13.1. The van der Waals surface area contributed by atoms with Crippen LogP contribution in [0.5, 0.6) is 0 Å². The van der Waals surface area contributed by atoms with Crippen molar-refractivity contribution in [2.45, 2.75) is 13.1 Å². The zero-order valence-electron chi connectivity index (χ0n) is 8.81. The number of benzene rings is 1. The van der Waals surface area contributed by atoms with Gasteiger partial charge in [0, 0.05) is 4.47 Å². The fourth-order valence-electron chi connectivity index (χ4n) is 1.19. The minimum absolute atomic E-state index is 0.260. The highest BCUT2D eigenvalue weighted by molar-refractivity contribution is 9.10. The van der Waals surface area contributed by atoms with E-state index in [0.29, 0.717) is 4.47 Å². The normalized spacial score (nSPS) is 11.8. The van der Waals surface area contributed by atoms with E-state index in [9.17, 15) is 18.0 Å². The predicted molar refractivity (Wildman–Crippen MR) is 62.6 cm³/mol. The van der Waals surface area contributed by atoms with Crippen LogP contribution < -0.4 is 5.32 Å². The molecule has 0 aliphatic carbocycles. The van der Waals surface area contributed by atoms with Crippen molar-refractivity contribution in [3.05, 3.63) is 40.4 Å². The maximum absolute atomic E-state index is 12.7. The number of anilines is 1. The van der Waals surface area contributed by atoms with Crippen molar-refractivity contribution in [2.24, 2.45) is 0 Å². The summed E-state index contributed by atoms with van der Waals surface area (Å²) >= 11 is 2.96. The second-order valence-electron chi connectivity index (χ2n) is 3.18. The van der Waals surface area contributed by atoms with Crippen molar-refractivity contribution in [3.8, 4) is 0 Å². The lowest BCUT2D eigenvalue weighted by molar-refractivity contribution is -0.137. The molecule has 0 heterocycles. The van der Waals surface area contributed by atoms with Gasteiger partial charge in [-0.3, -0.25) is 4.79 Å². The van der Waals surface area contributed by atoms with Gasteiger partial charge in [0.2, 0.25) is 5.91 Å². The number of nitrogens with one attached hydrogen (secondary N) is 1. The molecule has 0 aliphatic rings. The standard InChI is InChI=1S/C11H9BrF3NO/c1-2-3-10(17)16-9-5-4-7(12)6-8(9)11(13,14)15/h2-6H,1H3,(H,16,17). The van der Waals surface area contributed by atoms with Crippen molar-refractivity contribution in [1.29, 1.82) is 0 Å². The molecule has 0 spiro atoms. The summed E-state index contributed by atoms with van der Waals surface area (Å²) in [5.41, 5.74) is -1.14. The second kappa shape index (κ2) is 5.35. The first-order valence-corrected chi connectivity index (χ1v) is 5.44. The molecule has 92 valence electrons. The number of hydrogen-bond donors (Lipinski definition) is 1. The molecule has 1 aromatic carbocycles. The third kappa shape index (κ3) is 3.89. The third-order valence-corrected chi connectivity index (χ3v) is 2.36. The predicted octanol–water partition coefficient (Wildman–Crippen LogP) is 3.98. The molecule has 1 aromatic rings. The van der Waals surface area contributed by atoms with Crippen LogP contribution in [-0.2, 0) is 11.0 Å². The Kier molecular flexibility index (Phi) is 4.34. The average Bonchev–Trinajstić information content (AvgIpc) is 2.19. The zero-order valence-corrected chi connectivity index (χ0v) is 10.4. The van der Waals surface area contributed by atoms with Gasteiger partial charge in [-0.05, 0) is 31.2 Å². The topological polar surface area (TPSA) is 29.1 Å². The first-order chi connectivity index (χ1) is 7.84. The summed E-state index contributed by atoms with van der Waals surface area (Å²) in [6.45, 7) is 1.60. The molecule has 1 rings (SSSR count). The Morgan fingerprint density at radius 3 is 2.59 bits per heavy atom. The molecule has 0 fully saturated rings. The van der Waals surface area contributed by atoms with Crippen molar-refractivity contribution in [3.63, 3.8) is 0 Å². The molecule has 0 aliphatic heterocycles. The number of hydrogen-bond acceptors (Lipinski definition) is 1.